The molecule has 4 fully saturated rings. The maximum Gasteiger partial charge on any atom is 0.302 e. The molecule has 0 aromatic rings. The molecule has 0 unspecified atom stereocenters. The quantitative estimate of drug-likeness (QED) is 0.404. The van der Waals surface area contributed by atoms with Crippen molar-refractivity contribution < 1.29 is 28.6 Å². The minimum Gasteiger partial charge on any atom is -0.494 e. The van der Waals surface area contributed by atoms with Gasteiger partial charge in [-0.15, -0.1) is 0 Å². The Morgan fingerprint density at radius 2 is 1.84 bits per heavy atom. The Morgan fingerprint density at radius 3 is 2.54 bits per heavy atom. The molecule has 6 heteroatoms. The number of Topliss-reactive ketones (excluding diaryl/α,β-unsaturated/α-hetero) is 1. The molecule has 5 rings (SSSR count). The van der Waals surface area contributed by atoms with Gasteiger partial charge in [0.1, 0.15) is 18.0 Å². The van der Waals surface area contributed by atoms with E-state index in [9.17, 15) is 14.4 Å². The molecule has 0 aromatic carbocycles. The molecule has 0 amide bonds. The van der Waals surface area contributed by atoms with Gasteiger partial charge >= 0.3 is 11.9 Å². The lowest BCUT2D eigenvalue weighted by Crippen LogP contribution is -2.57. The molecule has 0 aromatic heterocycles. The van der Waals surface area contributed by atoms with Gasteiger partial charge < -0.3 is 14.2 Å². The number of fused-ring (bicyclic) bond motifs is 7. The molecule has 1 heterocycles. The van der Waals surface area contributed by atoms with E-state index in [-0.39, 0.29) is 46.8 Å². The maximum atomic E-state index is 14.1. The highest BCUT2D eigenvalue weighted by atomic mass is 16.5. The molecule has 37 heavy (non-hydrogen) atoms. The number of ether oxygens (including phenoxy) is 3. The smallest absolute Gasteiger partial charge is 0.302 e. The van der Waals surface area contributed by atoms with Crippen LogP contribution in [0, 0.1) is 46.3 Å². The summed E-state index contributed by atoms with van der Waals surface area (Å²) in [5, 5.41) is 0. The Hall–Kier alpha value is -1.85. The zero-order valence-corrected chi connectivity index (χ0v) is 23.6. The molecule has 0 radical (unpaired) electrons. The van der Waals surface area contributed by atoms with E-state index >= 15 is 0 Å². The van der Waals surface area contributed by atoms with E-state index in [1.54, 1.807) is 0 Å². The topological polar surface area (TPSA) is 78.9 Å². The Labute approximate surface area is 222 Å². The third-order valence-corrected chi connectivity index (χ3v) is 11.5. The summed E-state index contributed by atoms with van der Waals surface area (Å²) in [6.07, 6.45) is 8.83. The molecule has 4 saturated carbocycles. The summed E-state index contributed by atoms with van der Waals surface area (Å²) >= 11 is 0. The Kier molecular flexibility index (Phi) is 7.02. The molecule has 6 nitrogen and oxygen atoms in total. The van der Waals surface area contributed by atoms with Crippen LogP contribution in [0.4, 0.5) is 0 Å². The second-order valence-electron chi connectivity index (χ2n) is 13.5. The first-order chi connectivity index (χ1) is 17.4. The zero-order chi connectivity index (χ0) is 26.7. The molecule has 0 N–H and O–H groups in total. The van der Waals surface area contributed by atoms with Crippen molar-refractivity contribution in [3.63, 3.8) is 0 Å². The highest BCUT2D eigenvalue weighted by Gasteiger charge is 2.67. The molecule has 0 spiro atoms. The average Bonchev–Trinajstić information content (AvgIpc) is 3.31. The molecule has 206 valence electrons. The summed E-state index contributed by atoms with van der Waals surface area (Å²) in [5.41, 5.74) is 1.10. The molecule has 0 bridgehead atoms. The van der Waals surface area contributed by atoms with Gasteiger partial charge in [-0.2, -0.15) is 0 Å². The van der Waals surface area contributed by atoms with E-state index < -0.39 is 0 Å². The van der Waals surface area contributed by atoms with Gasteiger partial charge in [-0.25, -0.2) is 0 Å². The van der Waals surface area contributed by atoms with E-state index in [2.05, 4.69) is 27.7 Å². The number of carbonyl (C=O) groups is 3. The zero-order valence-electron chi connectivity index (χ0n) is 23.6. The van der Waals surface area contributed by atoms with E-state index in [4.69, 9.17) is 14.2 Å². The first-order valence-electron chi connectivity index (χ1n) is 14.6. The van der Waals surface area contributed by atoms with Crippen molar-refractivity contribution in [2.45, 2.75) is 112 Å². The lowest BCUT2D eigenvalue weighted by Gasteiger charge is -2.60. The average molecular weight is 515 g/mol. The SMILES string of the molecule is CC(=O)OC[C@H](C)CCC1=C(C)[C@H]2[C@H](C[C@H]3[C@@H]4CC[C@@H]5C[C@H](OC(C)=O)CC[C@]5(C)[C@@H]4CC(=O)[C@@]32C)O1. The van der Waals surface area contributed by atoms with Gasteiger partial charge in [0.05, 0.1) is 12.4 Å². The number of esters is 2. The summed E-state index contributed by atoms with van der Waals surface area (Å²) < 4.78 is 17.4. The number of ketones is 1. The van der Waals surface area contributed by atoms with Crippen LogP contribution in [-0.4, -0.2) is 36.5 Å². The fraction of sp³-hybridized carbons (Fsp3) is 0.839. The molecule has 1 aliphatic heterocycles. The fourth-order valence-electron chi connectivity index (χ4n) is 9.55. The second kappa shape index (κ2) is 9.72. The molecule has 5 aliphatic rings. The van der Waals surface area contributed by atoms with Crippen LogP contribution in [0.15, 0.2) is 11.3 Å². The summed E-state index contributed by atoms with van der Waals surface area (Å²) in [7, 11) is 0. The van der Waals surface area contributed by atoms with Crippen molar-refractivity contribution in [2.24, 2.45) is 46.3 Å². The van der Waals surface area contributed by atoms with Crippen LogP contribution in [0.25, 0.3) is 0 Å². The Morgan fingerprint density at radius 1 is 1.08 bits per heavy atom. The van der Waals surface area contributed by atoms with Crippen LogP contribution >= 0.6 is 0 Å². The Balaban J connectivity index is 1.30. The third kappa shape index (κ3) is 4.44. The van der Waals surface area contributed by atoms with Gasteiger partial charge in [0.25, 0.3) is 0 Å². The van der Waals surface area contributed by atoms with Crippen LogP contribution in [-0.2, 0) is 28.6 Å². The van der Waals surface area contributed by atoms with Gasteiger partial charge in [0.15, 0.2) is 0 Å². The van der Waals surface area contributed by atoms with Crippen molar-refractivity contribution >= 4 is 17.7 Å². The first kappa shape index (κ1) is 26.7. The summed E-state index contributed by atoms with van der Waals surface area (Å²) in [4.78, 5) is 36.8. The first-order valence-corrected chi connectivity index (χ1v) is 14.6. The molecule has 10 atom stereocenters. The number of allylic oxidation sites excluding steroid dienone is 1. The van der Waals surface area contributed by atoms with Gasteiger partial charge in [-0.1, -0.05) is 20.8 Å². The van der Waals surface area contributed by atoms with Gasteiger partial charge in [-0.05, 0) is 92.4 Å². The summed E-state index contributed by atoms with van der Waals surface area (Å²) in [5.74, 6) is 3.49. The van der Waals surface area contributed by atoms with E-state index in [0.29, 0.717) is 42.5 Å². The number of rotatable bonds is 6. The largest absolute Gasteiger partial charge is 0.494 e. The molecular weight excluding hydrogens is 468 g/mol. The summed E-state index contributed by atoms with van der Waals surface area (Å²) in [6, 6.07) is 0. The lowest BCUT2D eigenvalue weighted by atomic mass is 9.44. The van der Waals surface area contributed by atoms with E-state index in [0.717, 1.165) is 44.3 Å². The lowest BCUT2D eigenvalue weighted by molar-refractivity contribution is -0.165. The number of hydrogen-bond donors (Lipinski definition) is 0. The minimum absolute atomic E-state index is 0.0406. The normalized spacial score (nSPS) is 43.2. The van der Waals surface area contributed by atoms with E-state index in [1.165, 1.54) is 32.3 Å². The molecule has 4 aliphatic carbocycles. The summed E-state index contributed by atoms with van der Waals surface area (Å²) in [6.45, 7) is 12.4. The predicted octanol–water partition coefficient (Wildman–Crippen LogP) is 6.02. The van der Waals surface area contributed by atoms with E-state index in [1.807, 2.05) is 0 Å². The monoisotopic (exact) mass is 514 g/mol. The number of carbonyl (C=O) groups excluding carboxylic acids is 3. The minimum atomic E-state index is -0.334. The predicted molar refractivity (Wildman–Crippen MR) is 139 cm³/mol. The van der Waals surface area contributed by atoms with Crippen molar-refractivity contribution in [3.8, 4) is 0 Å². The standard InChI is InChI=1S/C31H46O6/c1-17(16-35-19(3)32)7-10-26-18(2)29-27(37-26)14-25-23-9-8-21-13-22(36-20(4)33)11-12-30(21,5)24(23)15-28(34)31(25,29)6/h17,21-25,27,29H,7-16H2,1-6H3/t17-,21-,22-,23-,24-,25+,27+,29+,30+,31-/m1/s1. The maximum absolute atomic E-state index is 14.1. The number of hydrogen-bond acceptors (Lipinski definition) is 6. The van der Waals surface area contributed by atoms with Crippen molar-refractivity contribution in [1.29, 1.82) is 0 Å². The van der Waals surface area contributed by atoms with Crippen LogP contribution in [0.5, 0.6) is 0 Å². The third-order valence-electron chi connectivity index (χ3n) is 11.5. The van der Waals surface area contributed by atoms with Crippen molar-refractivity contribution in [1.82, 2.24) is 0 Å². The van der Waals surface area contributed by atoms with Crippen molar-refractivity contribution in [3.05, 3.63) is 11.3 Å². The van der Waals surface area contributed by atoms with Gasteiger partial charge in [0, 0.05) is 38.0 Å². The van der Waals surface area contributed by atoms with Gasteiger partial charge in [0.2, 0.25) is 0 Å². The van der Waals surface area contributed by atoms with Crippen LogP contribution in [0.1, 0.15) is 99.3 Å². The van der Waals surface area contributed by atoms with Crippen LogP contribution < -0.4 is 0 Å². The van der Waals surface area contributed by atoms with Crippen LogP contribution in [0.3, 0.4) is 0 Å². The fourth-order valence-corrected chi connectivity index (χ4v) is 9.55. The second-order valence-corrected chi connectivity index (χ2v) is 13.5. The Bertz CT molecular complexity index is 984. The molecule has 0 saturated heterocycles. The highest BCUT2D eigenvalue weighted by molar-refractivity contribution is 5.87. The highest BCUT2D eigenvalue weighted by Crippen LogP contribution is 2.68. The van der Waals surface area contributed by atoms with Crippen LogP contribution in [0.2, 0.25) is 0 Å². The van der Waals surface area contributed by atoms with Crippen molar-refractivity contribution in [2.75, 3.05) is 6.61 Å². The van der Waals surface area contributed by atoms with Gasteiger partial charge in [-0.3, -0.25) is 14.4 Å². The molecular formula is C31H46O6.